The summed E-state index contributed by atoms with van der Waals surface area (Å²) >= 11 is 4.38. The summed E-state index contributed by atoms with van der Waals surface area (Å²) in [4.78, 5) is 13.1. The summed E-state index contributed by atoms with van der Waals surface area (Å²) in [7, 11) is 1.59. The van der Waals surface area contributed by atoms with Crippen LogP contribution in [0.5, 0.6) is 0 Å². The molecule has 1 saturated heterocycles. The zero-order chi connectivity index (χ0) is 12.6. The van der Waals surface area contributed by atoms with Gasteiger partial charge in [-0.15, -0.1) is 10.2 Å². The second-order valence-corrected chi connectivity index (χ2v) is 8.67. The van der Waals surface area contributed by atoms with Crippen LogP contribution >= 0.6 is 37.9 Å². The van der Waals surface area contributed by atoms with Crippen LogP contribution < -0.4 is 4.90 Å². The Hall–Kier alpha value is -0.250. The van der Waals surface area contributed by atoms with E-state index in [0.29, 0.717) is 15.6 Å². The van der Waals surface area contributed by atoms with E-state index in [2.05, 4.69) is 26.1 Å². The minimum atomic E-state index is -3.58. The molecule has 1 unspecified atom stereocenters. The van der Waals surface area contributed by atoms with E-state index in [0.717, 1.165) is 0 Å². The molecule has 1 aliphatic heterocycles. The molecule has 2 rings (SSSR count). The minimum Gasteiger partial charge on any atom is -0.286 e. The van der Waals surface area contributed by atoms with Crippen molar-refractivity contribution >= 4 is 58.0 Å². The third-order valence-corrected chi connectivity index (χ3v) is 4.89. The van der Waals surface area contributed by atoms with Crippen LogP contribution in [0, 0.1) is 5.92 Å². The Balaban J connectivity index is 2.10. The number of hydrogen-bond acceptors (Lipinski definition) is 6. The van der Waals surface area contributed by atoms with Gasteiger partial charge in [0.1, 0.15) is 0 Å². The molecule has 0 aromatic carbocycles. The van der Waals surface area contributed by atoms with E-state index < -0.39 is 9.05 Å². The Labute approximate surface area is 115 Å². The van der Waals surface area contributed by atoms with Crippen LogP contribution in [0.1, 0.15) is 6.42 Å². The number of rotatable bonds is 3. The number of carbonyl (C=O) groups is 1. The summed E-state index contributed by atoms with van der Waals surface area (Å²) in [6.07, 6.45) is 0.170. The molecule has 1 amide bonds. The van der Waals surface area contributed by atoms with E-state index in [1.165, 1.54) is 16.2 Å². The molecule has 1 aromatic rings. The van der Waals surface area contributed by atoms with E-state index in [1.807, 2.05) is 0 Å². The molecule has 0 aliphatic carbocycles. The molecule has 1 fully saturated rings. The molecule has 94 valence electrons. The minimum absolute atomic E-state index is 0.154. The van der Waals surface area contributed by atoms with Crippen molar-refractivity contribution in [1.82, 2.24) is 10.2 Å². The van der Waals surface area contributed by atoms with Gasteiger partial charge in [0.05, 0.1) is 5.75 Å². The smallest absolute Gasteiger partial charge is 0.232 e. The Morgan fingerprint density at radius 2 is 2.24 bits per heavy atom. The highest BCUT2D eigenvalue weighted by molar-refractivity contribution is 9.11. The highest BCUT2D eigenvalue weighted by atomic mass is 79.9. The third-order valence-electron chi connectivity index (χ3n) is 2.26. The second-order valence-electron chi connectivity index (χ2n) is 3.62. The van der Waals surface area contributed by atoms with Gasteiger partial charge in [0.2, 0.25) is 20.1 Å². The molecule has 0 bridgehead atoms. The van der Waals surface area contributed by atoms with Crippen molar-refractivity contribution in [1.29, 1.82) is 0 Å². The number of aromatic nitrogens is 2. The van der Waals surface area contributed by atoms with Crippen molar-refractivity contribution in [3.63, 3.8) is 0 Å². The normalized spacial score (nSPS) is 21.2. The van der Waals surface area contributed by atoms with Crippen LogP contribution in [0.3, 0.4) is 0 Å². The topological polar surface area (TPSA) is 80.2 Å². The molecule has 6 nitrogen and oxygen atoms in total. The molecule has 17 heavy (non-hydrogen) atoms. The Kier molecular flexibility index (Phi) is 3.71. The first-order valence-electron chi connectivity index (χ1n) is 4.57. The van der Waals surface area contributed by atoms with Gasteiger partial charge < -0.3 is 0 Å². The Bertz CT molecular complexity index is 546. The van der Waals surface area contributed by atoms with Crippen molar-refractivity contribution in [2.45, 2.75) is 6.42 Å². The van der Waals surface area contributed by atoms with Crippen LogP contribution in [0.4, 0.5) is 5.13 Å². The summed E-state index contributed by atoms with van der Waals surface area (Å²) in [5, 5.41) is 8.03. The lowest BCUT2D eigenvalue weighted by atomic mass is 10.1. The largest absolute Gasteiger partial charge is 0.286 e. The number of amides is 1. The molecule has 10 heteroatoms. The van der Waals surface area contributed by atoms with Crippen molar-refractivity contribution in [2.24, 2.45) is 5.92 Å². The second kappa shape index (κ2) is 4.79. The van der Waals surface area contributed by atoms with Crippen LogP contribution in [0.2, 0.25) is 0 Å². The van der Waals surface area contributed by atoms with Crippen molar-refractivity contribution in [3.8, 4) is 0 Å². The van der Waals surface area contributed by atoms with E-state index >= 15 is 0 Å². The lowest BCUT2D eigenvalue weighted by Gasteiger charge is -2.11. The van der Waals surface area contributed by atoms with E-state index in [-0.39, 0.29) is 24.0 Å². The summed E-state index contributed by atoms with van der Waals surface area (Å²) in [5.74, 6) is -0.636. The SMILES string of the molecule is O=C1CC(CS(=O)(=O)Cl)CN1c1nnc(Br)s1. The van der Waals surface area contributed by atoms with Crippen LogP contribution in [0.25, 0.3) is 0 Å². The molecular weight excluding hydrogens is 354 g/mol. The van der Waals surface area contributed by atoms with Gasteiger partial charge in [0, 0.05) is 29.6 Å². The number of anilines is 1. The maximum Gasteiger partial charge on any atom is 0.232 e. The quantitative estimate of drug-likeness (QED) is 0.757. The van der Waals surface area contributed by atoms with Gasteiger partial charge in [-0.05, 0) is 15.9 Å². The highest BCUT2D eigenvalue weighted by Gasteiger charge is 2.34. The van der Waals surface area contributed by atoms with Gasteiger partial charge >= 0.3 is 0 Å². The maximum atomic E-state index is 11.7. The van der Waals surface area contributed by atoms with Crippen LogP contribution in [-0.4, -0.2) is 36.8 Å². The lowest BCUT2D eigenvalue weighted by Crippen LogP contribution is -2.25. The first kappa shape index (κ1) is 13.2. The molecule has 0 radical (unpaired) electrons. The van der Waals surface area contributed by atoms with Crippen LogP contribution in [-0.2, 0) is 13.8 Å². The zero-order valence-electron chi connectivity index (χ0n) is 8.34. The highest BCUT2D eigenvalue weighted by Crippen LogP contribution is 2.30. The van der Waals surface area contributed by atoms with E-state index in [4.69, 9.17) is 10.7 Å². The standard InChI is InChI=1S/C7H7BrClN3O3S2/c8-6-10-11-7(16-6)12-2-4(1-5(12)13)3-17(9,14)15/h4H,1-3H2. The monoisotopic (exact) mass is 359 g/mol. The predicted molar refractivity (Wildman–Crippen MR) is 67.7 cm³/mol. The zero-order valence-corrected chi connectivity index (χ0v) is 12.3. The molecule has 1 aromatic heterocycles. The fourth-order valence-corrected chi connectivity index (χ4v) is 4.10. The average Bonchev–Trinajstić information content (AvgIpc) is 2.70. The van der Waals surface area contributed by atoms with Gasteiger partial charge in [-0.2, -0.15) is 0 Å². The predicted octanol–water partition coefficient (Wildman–Crippen LogP) is 1.22. The Morgan fingerprint density at radius 1 is 1.53 bits per heavy atom. The van der Waals surface area contributed by atoms with Gasteiger partial charge in [0.15, 0.2) is 3.92 Å². The molecule has 1 atom stereocenters. The summed E-state index contributed by atoms with van der Waals surface area (Å²) in [6.45, 7) is 0.312. The Morgan fingerprint density at radius 3 is 2.76 bits per heavy atom. The van der Waals surface area contributed by atoms with Crippen LogP contribution in [0.15, 0.2) is 3.92 Å². The summed E-state index contributed by atoms with van der Waals surface area (Å²) < 4.78 is 22.5. The first-order chi connectivity index (χ1) is 7.85. The molecular formula is C7H7BrClN3O3S2. The van der Waals surface area contributed by atoms with Crippen molar-refractivity contribution in [3.05, 3.63) is 3.92 Å². The van der Waals surface area contributed by atoms with Gasteiger partial charge in [0.25, 0.3) is 0 Å². The fraction of sp³-hybridized carbons (Fsp3) is 0.571. The number of hydrogen-bond donors (Lipinski definition) is 0. The molecule has 0 saturated carbocycles. The lowest BCUT2D eigenvalue weighted by molar-refractivity contribution is -0.117. The molecule has 0 N–H and O–H groups in total. The van der Waals surface area contributed by atoms with Gasteiger partial charge in [-0.1, -0.05) is 11.3 Å². The van der Waals surface area contributed by atoms with Gasteiger partial charge in [-0.3, -0.25) is 9.69 Å². The number of nitrogens with zero attached hydrogens (tertiary/aromatic N) is 3. The van der Waals surface area contributed by atoms with Crippen molar-refractivity contribution < 1.29 is 13.2 Å². The fourth-order valence-electron chi connectivity index (χ4n) is 1.67. The average molecular weight is 361 g/mol. The third kappa shape index (κ3) is 3.36. The number of carbonyl (C=O) groups excluding carboxylic acids is 1. The van der Waals surface area contributed by atoms with Gasteiger partial charge in [-0.25, -0.2) is 8.42 Å². The molecule has 0 spiro atoms. The van der Waals surface area contributed by atoms with E-state index in [1.54, 1.807) is 0 Å². The summed E-state index contributed by atoms with van der Waals surface area (Å²) in [5.41, 5.74) is 0. The van der Waals surface area contributed by atoms with Crippen molar-refractivity contribution in [2.75, 3.05) is 17.2 Å². The maximum absolute atomic E-state index is 11.7. The van der Waals surface area contributed by atoms with E-state index in [9.17, 15) is 13.2 Å². The molecule has 1 aliphatic rings. The first-order valence-corrected chi connectivity index (χ1v) is 8.65. The molecule has 2 heterocycles. The summed E-state index contributed by atoms with van der Waals surface area (Å²) in [6, 6.07) is 0. The number of halogens is 2.